The summed E-state index contributed by atoms with van der Waals surface area (Å²) in [6.07, 6.45) is -10.5. The molecular formula is C28H30F8N8O4. The molecular weight excluding hydrogens is 664 g/mol. The highest BCUT2D eigenvalue weighted by molar-refractivity contribution is 5.98. The summed E-state index contributed by atoms with van der Waals surface area (Å²) in [4.78, 5) is 36.3. The van der Waals surface area contributed by atoms with Crippen LogP contribution in [0.2, 0.25) is 0 Å². The summed E-state index contributed by atoms with van der Waals surface area (Å²) >= 11 is 0. The molecule has 3 atom stereocenters. The quantitative estimate of drug-likeness (QED) is 0.334. The lowest BCUT2D eigenvalue weighted by atomic mass is 10.1. The first-order valence-electron chi connectivity index (χ1n) is 14.5. The van der Waals surface area contributed by atoms with Crippen LogP contribution in [0.5, 0.6) is 5.88 Å². The molecule has 3 aromatic rings. The summed E-state index contributed by atoms with van der Waals surface area (Å²) in [6.45, 7) is -0.459. The van der Waals surface area contributed by atoms with E-state index in [4.69, 9.17) is 10.5 Å². The Morgan fingerprint density at radius 3 is 2.46 bits per heavy atom. The average Bonchev–Trinajstić information content (AvgIpc) is 3.57. The monoisotopic (exact) mass is 694 g/mol. The number of pyridine rings is 1. The number of amides is 2. The van der Waals surface area contributed by atoms with Crippen molar-refractivity contribution in [2.45, 2.75) is 62.6 Å². The fourth-order valence-electron chi connectivity index (χ4n) is 5.49. The van der Waals surface area contributed by atoms with E-state index in [1.807, 2.05) is 4.90 Å². The van der Waals surface area contributed by atoms with Gasteiger partial charge in [-0.15, -0.1) is 0 Å². The SMILES string of the molecule is COc1ncc(-c2cc(CN3CCC(F)(F)CC3)c3c(N)ncnn23)cc1C(=O)N[C@@H]1CN(C(=O)OC(C)C(F)(F)C(F)(F)F)C[C@@H]1F. The summed E-state index contributed by atoms with van der Waals surface area (Å²) in [6, 6.07) is 1.66. The van der Waals surface area contributed by atoms with Gasteiger partial charge in [-0.1, -0.05) is 0 Å². The van der Waals surface area contributed by atoms with Crippen molar-refractivity contribution in [3.63, 3.8) is 0 Å². The Kier molecular flexibility index (Phi) is 9.32. The molecule has 262 valence electrons. The van der Waals surface area contributed by atoms with E-state index < -0.39 is 61.4 Å². The predicted octanol–water partition coefficient (Wildman–Crippen LogP) is 4.09. The number of ether oxygens (including phenoxy) is 2. The number of hydrogen-bond acceptors (Lipinski definition) is 9. The minimum Gasteiger partial charge on any atom is -0.480 e. The second-order valence-electron chi connectivity index (χ2n) is 11.5. The molecule has 0 bridgehead atoms. The molecule has 0 aliphatic carbocycles. The van der Waals surface area contributed by atoms with Gasteiger partial charge in [0.25, 0.3) is 11.8 Å². The maximum atomic E-state index is 14.9. The molecule has 2 saturated heterocycles. The van der Waals surface area contributed by atoms with E-state index in [0.717, 1.165) is 0 Å². The van der Waals surface area contributed by atoms with E-state index in [-0.39, 0.29) is 49.7 Å². The Labute approximate surface area is 267 Å². The number of fused-ring (bicyclic) bond motifs is 1. The normalized spacial score (nSPS) is 20.9. The number of rotatable bonds is 8. The number of hydrogen-bond donors (Lipinski definition) is 2. The number of nitrogens with zero attached hydrogens (tertiary/aromatic N) is 6. The molecule has 0 aromatic carbocycles. The Balaban J connectivity index is 1.35. The molecule has 2 amide bonds. The summed E-state index contributed by atoms with van der Waals surface area (Å²) in [7, 11) is 1.22. The summed E-state index contributed by atoms with van der Waals surface area (Å²) in [5.74, 6) is -9.07. The van der Waals surface area contributed by atoms with E-state index in [9.17, 15) is 44.7 Å². The van der Waals surface area contributed by atoms with E-state index in [2.05, 4.69) is 25.1 Å². The first-order chi connectivity index (χ1) is 22.4. The van der Waals surface area contributed by atoms with Gasteiger partial charge in [-0.25, -0.2) is 32.4 Å². The van der Waals surface area contributed by atoms with Gasteiger partial charge in [0.2, 0.25) is 5.88 Å². The predicted molar refractivity (Wildman–Crippen MR) is 151 cm³/mol. The van der Waals surface area contributed by atoms with Crippen molar-refractivity contribution in [1.82, 2.24) is 34.7 Å². The van der Waals surface area contributed by atoms with Gasteiger partial charge < -0.3 is 25.4 Å². The van der Waals surface area contributed by atoms with Crippen molar-refractivity contribution in [3.05, 3.63) is 35.8 Å². The lowest BCUT2D eigenvalue weighted by Crippen LogP contribution is -2.49. The largest absolute Gasteiger partial charge is 0.480 e. The van der Waals surface area contributed by atoms with Crippen LogP contribution in [-0.4, -0.2) is 111 Å². The zero-order valence-corrected chi connectivity index (χ0v) is 25.4. The van der Waals surface area contributed by atoms with E-state index in [1.54, 1.807) is 6.07 Å². The zero-order chi connectivity index (χ0) is 35.2. The van der Waals surface area contributed by atoms with Crippen molar-refractivity contribution in [2.24, 2.45) is 0 Å². The van der Waals surface area contributed by atoms with E-state index in [1.165, 1.54) is 30.2 Å². The van der Waals surface area contributed by atoms with Gasteiger partial charge >= 0.3 is 18.2 Å². The van der Waals surface area contributed by atoms with Gasteiger partial charge in [0.15, 0.2) is 11.9 Å². The maximum Gasteiger partial charge on any atom is 0.457 e. The molecule has 0 spiro atoms. The van der Waals surface area contributed by atoms with Crippen LogP contribution in [0.4, 0.5) is 45.7 Å². The highest BCUT2D eigenvalue weighted by Gasteiger charge is 2.63. The average molecular weight is 695 g/mol. The van der Waals surface area contributed by atoms with Gasteiger partial charge in [-0.05, 0) is 24.6 Å². The van der Waals surface area contributed by atoms with Crippen LogP contribution in [0.3, 0.4) is 0 Å². The van der Waals surface area contributed by atoms with Crippen LogP contribution in [0.15, 0.2) is 24.7 Å². The molecule has 0 saturated carbocycles. The number of aromatic nitrogens is 4. The molecule has 48 heavy (non-hydrogen) atoms. The van der Waals surface area contributed by atoms with Gasteiger partial charge in [0.1, 0.15) is 23.6 Å². The molecule has 2 aliphatic rings. The van der Waals surface area contributed by atoms with Crippen molar-refractivity contribution in [3.8, 4) is 17.1 Å². The van der Waals surface area contributed by atoms with Crippen LogP contribution in [0.25, 0.3) is 16.8 Å². The Morgan fingerprint density at radius 2 is 1.81 bits per heavy atom. The Bertz CT molecular complexity index is 1680. The fraction of sp³-hybridized carbons (Fsp3) is 0.536. The lowest BCUT2D eigenvalue weighted by Gasteiger charge is -2.31. The number of methoxy groups -OCH3 is 1. The summed E-state index contributed by atoms with van der Waals surface area (Å²) < 4.78 is 118. The highest BCUT2D eigenvalue weighted by Crippen LogP contribution is 2.39. The number of halogens is 8. The number of carbonyl (C=O) groups is 2. The Hall–Kier alpha value is -4.49. The number of nitrogen functional groups attached to an aromatic ring is 1. The second kappa shape index (κ2) is 12.8. The minimum absolute atomic E-state index is 0.114. The first-order valence-corrected chi connectivity index (χ1v) is 14.5. The van der Waals surface area contributed by atoms with Crippen molar-refractivity contribution >= 4 is 23.3 Å². The molecule has 2 aliphatic heterocycles. The molecule has 20 heteroatoms. The number of carbonyl (C=O) groups excluding carboxylic acids is 2. The van der Waals surface area contributed by atoms with Crippen molar-refractivity contribution < 1.29 is 54.2 Å². The molecule has 3 N–H and O–H groups in total. The molecule has 12 nitrogen and oxygen atoms in total. The Morgan fingerprint density at radius 1 is 1.12 bits per heavy atom. The van der Waals surface area contributed by atoms with Crippen LogP contribution in [0.1, 0.15) is 35.7 Å². The third-order valence-corrected chi connectivity index (χ3v) is 8.22. The van der Waals surface area contributed by atoms with E-state index >= 15 is 0 Å². The number of nitrogens with two attached hydrogens (primary N) is 1. The molecule has 5 rings (SSSR count). The lowest BCUT2D eigenvalue weighted by molar-refractivity contribution is -0.309. The minimum atomic E-state index is -5.99. The van der Waals surface area contributed by atoms with Crippen molar-refractivity contribution in [2.75, 3.05) is 39.0 Å². The summed E-state index contributed by atoms with van der Waals surface area (Å²) in [5.41, 5.74) is 7.71. The third-order valence-electron chi connectivity index (χ3n) is 8.22. The van der Waals surface area contributed by atoms with E-state index in [0.29, 0.717) is 34.2 Å². The van der Waals surface area contributed by atoms with Gasteiger partial charge in [-0.2, -0.15) is 27.1 Å². The number of likely N-dealkylation sites (tertiary alicyclic amines) is 2. The number of alkyl halides is 8. The summed E-state index contributed by atoms with van der Waals surface area (Å²) in [5, 5.41) is 6.63. The van der Waals surface area contributed by atoms with Crippen LogP contribution < -0.4 is 15.8 Å². The van der Waals surface area contributed by atoms with Crippen LogP contribution in [0, 0.1) is 0 Å². The second-order valence-corrected chi connectivity index (χ2v) is 11.5. The molecule has 2 fully saturated rings. The fourth-order valence-corrected chi connectivity index (χ4v) is 5.49. The molecule has 1 unspecified atom stereocenters. The number of nitrogens with one attached hydrogen (secondary N) is 1. The van der Waals surface area contributed by atoms with Crippen LogP contribution >= 0.6 is 0 Å². The van der Waals surface area contributed by atoms with Crippen molar-refractivity contribution in [1.29, 1.82) is 0 Å². The van der Waals surface area contributed by atoms with Gasteiger partial charge in [0.05, 0.1) is 25.4 Å². The molecule has 3 aromatic heterocycles. The molecule has 0 radical (unpaired) electrons. The standard InChI is InChI=1S/C28H30F8N8O4/c1-14(27(32,33)28(34,35)36)48-25(46)43-11-18(29)19(12-43)41-23(45)17-7-15(9-38-24(17)47-2)20-8-16(21-22(37)39-13-40-44(20)21)10-42-5-3-26(30,31)4-6-42/h7-9,13-14,18-19H,3-6,10-12H2,1-2H3,(H,41,45)(H2,37,39,40)/t14?,18-,19+/m0/s1. The number of piperidine rings is 1. The first kappa shape index (κ1) is 34.8. The molecule has 5 heterocycles. The number of anilines is 1. The van der Waals surface area contributed by atoms with Gasteiger partial charge in [-0.3, -0.25) is 9.69 Å². The topological polar surface area (TPSA) is 140 Å². The highest BCUT2D eigenvalue weighted by atomic mass is 19.4. The maximum absolute atomic E-state index is 14.9. The van der Waals surface area contributed by atoms with Crippen LogP contribution in [-0.2, 0) is 11.3 Å². The van der Waals surface area contributed by atoms with Gasteiger partial charge in [0, 0.05) is 50.8 Å². The zero-order valence-electron chi connectivity index (χ0n) is 25.4. The smallest absolute Gasteiger partial charge is 0.457 e. The third kappa shape index (κ3) is 6.88.